The molecule has 25 heavy (non-hydrogen) atoms. The number of hydrogen-bond acceptors (Lipinski definition) is 3. The molecule has 1 saturated heterocycles. The lowest BCUT2D eigenvalue weighted by molar-refractivity contribution is 0.0697. The van der Waals surface area contributed by atoms with Crippen LogP contribution >= 0.6 is 0 Å². The molecule has 0 aromatic heterocycles. The lowest BCUT2D eigenvalue weighted by atomic mass is 10.0. The molecule has 0 aliphatic carbocycles. The fourth-order valence-electron chi connectivity index (χ4n) is 2.88. The maximum atomic E-state index is 12.9. The molecule has 1 aliphatic heterocycles. The first-order chi connectivity index (χ1) is 11.8. The summed E-state index contributed by atoms with van der Waals surface area (Å²) in [7, 11) is -3.74. The Morgan fingerprint density at radius 1 is 1.00 bits per heavy atom. The molecule has 0 atom stereocenters. The third kappa shape index (κ3) is 3.19. The predicted molar refractivity (Wildman–Crippen MR) is 97.5 cm³/mol. The van der Waals surface area contributed by atoms with Crippen LogP contribution in [0.2, 0.25) is 0 Å². The highest BCUT2D eigenvalue weighted by Gasteiger charge is 2.37. The van der Waals surface area contributed by atoms with Crippen molar-refractivity contribution in [3.63, 3.8) is 0 Å². The average molecular weight is 360 g/mol. The van der Waals surface area contributed by atoms with E-state index in [1.165, 1.54) is 20.7 Å². The van der Waals surface area contributed by atoms with Crippen LogP contribution in [-0.2, 0) is 10.2 Å². The summed E-state index contributed by atoms with van der Waals surface area (Å²) in [5, 5.41) is 9.10. The van der Waals surface area contributed by atoms with Gasteiger partial charge in [0, 0.05) is 0 Å². The van der Waals surface area contributed by atoms with E-state index in [1.54, 1.807) is 12.1 Å². The van der Waals surface area contributed by atoms with Crippen molar-refractivity contribution in [2.75, 3.05) is 21.7 Å². The Morgan fingerprint density at radius 2 is 1.60 bits per heavy atom. The SMILES string of the molecule is CC(C)c1ccc(N2CCN(c3cccc(C(=O)O)c3)S2(=O)=O)cc1. The van der Waals surface area contributed by atoms with Crippen molar-refractivity contribution in [1.82, 2.24) is 0 Å². The van der Waals surface area contributed by atoms with E-state index in [0.717, 1.165) is 5.56 Å². The van der Waals surface area contributed by atoms with Crippen molar-refractivity contribution in [2.24, 2.45) is 0 Å². The minimum atomic E-state index is -3.74. The smallest absolute Gasteiger partial charge is 0.335 e. The molecule has 2 aromatic rings. The number of anilines is 2. The van der Waals surface area contributed by atoms with Crippen LogP contribution in [0.4, 0.5) is 11.4 Å². The van der Waals surface area contributed by atoms with E-state index in [4.69, 9.17) is 5.11 Å². The zero-order chi connectivity index (χ0) is 18.2. The van der Waals surface area contributed by atoms with E-state index in [9.17, 15) is 13.2 Å². The summed E-state index contributed by atoms with van der Waals surface area (Å²) in [5.41, 5.74) is 2.18. The van der Waals surface area contributed by atoms with Crippen molar-refractivity contribution < 1.29 is 18.3 Å². The van der Waals surface area contributed by atoms with E-state index in [0.29, 0.717) is 23.8 Å². The molecule has 1 N–H and O–H groups in total. The van der Waals surface area contributed by atoms with Gasteiger partial charge in [0.1, 0.15) is 0 Å². The van der Waals surface area contributed by atoms with Gasteiger partial charge in [-0.25, -0.2) is 4.79 Å². The highest BCUT2D eigenvalue weighted by molar-refractivity contribution is 7.94. The van der Waals surface area contributed by atoms with Crippen LogP contribution < -0.4 is 8.61 Å². The van der Waals surface area contributed by atoms with Crippen molar-refractivity contribution >= 4 is 27.6 Å². The average Bonchev–Trinajstić information content (AvgIpc) is 2.90. The van der Waals surface area contributed by atoms with E-state index in [-0.39, 0.29) is 12.1 Å². The van der Waals surface area contributed by atoms with Gasteiger partial charge in [-0.2, -0.15) is 8.42 Å². The van der Waals surface area contributed by atoms with Crippen LogP contribution in [-0.4, -0.2) is 32.6 Å². The summed E-state index contributed by atoms with van der Waals surface area (Å²) >= 11 is 0. The van der Waals surface area contributed by atoms with Crippen LogP contribution in [0.1, 0.15) is 35.7 Å². The maximum Gasteiger partial charge on any atom is 0.335 e. The zero-order valence-electron chi connectivity index (χ0n) is 14.1. The molecule has 0 bridgehead atoms. The van der Waals surface area contributed by atoms with Gasteiger partial charge >= 0.3 is 16.2 Å². The quantitative estimate of drug-likeness (QED) is 0.909. The fourth-order valence-corrected chi connectivity index (χ4v) is 4.51. The lowest BCUT2D eigenvalue weighted by Gasteiger charge is -2.22. The van der Waals surface area contributed by atoms with Gasteiger partial charge in [0.2, 0.25) is 0 Å². The Labute approximate surface area is 147 Å². The molecule has 1 heterocycles. The first-order valence-electron chi connectivity index (χ1n) is 8.04. The molecule has 7 heteroatoms. The minimum absolute atomic E-state index is 0.0624. The standard InChI is InChI=1S/C18H20N2O4S/c1-13(2)14-6-8-16(9-7-14)19-10-11-20(25(19,23)24)17-5-3-4-15(12-17)18(21)22/h3-9,12-13H,10-11H2,1-2H3,(H,21,22). The summed E-state index contributed by atoms with van der Waals surface area (Å²) in [4.78, 5) is 11.1. The largest absolute Gasteiger partial charge is 0.478 e. The van der Waals surface area contributed by atoms with Gasteiger partial charge in [-0.3, -0.25) is 8.61 Å². The van der Waals surface area contributed by atoms with Crippen LogP contribution in [0.5, 0.6) is 0 Å². The number of carboxylic acid groups (broad SMARTS) is 1. The van der Waals surface area contributed by atoms with Gasteiger partial charge in [-0.1, -0.05) is 32.0 Å². The molecule has 0 amide bonds. The minimum Gasteiger partial charge on any atom is -0.478 e. The molecule has 6 nitrogen and oxygen atoms in total. The van der Waals surface area contributed by atoms with Crippen LogP contribution in [0, 0.1) is 0 Å². The Kier molecular flexibility index (Phi) is 4.43. The Balaban J connectivity index is 1.92. The number of carbonyl (C=O) groups is 1. The number of carboxylic acids is 1. The first kappa shape index (κ1) is 17.3. The molecule has 1 aliphatic rings. The monoisotopic (exact) mass is 360 g/mol. The second-order valence-electron chi connectivity index (χ2n) is 6.25. The molecule has 0 spiro atoms. The topological polar surface area (TPSA) is 77.9 Å². The Morgan fingerprint density at radius 3 is 2.16 bits per heavy atom. The number of rotatable bonds is 4. The van der Waals surface area contributed by atoms with Gasteiger partial charge < -0.3 is 5.11 Å². The van der Waals surface area contributed by atoms with E-state index in [2.05, 4.69) is 13.8 Å². The van der Waals surface area contributed by atoms with Crippen LogP contribution in [0.25, 0.3) is 0 Å². The molecule has 2 aromatic carbocycles. The third-order valence-electron chi connectivity index (χ3n) is 4.29. The molecule has 3 rings (SSSR count). The number of hydrogen-bond donors (Lipinski definition) is 1. The fraction of sp³-hybridized carbons (Fsp3) is 0.278. The highest BCUT2D eigenvalue weighted by atomic mass is 32.2. The summed E-state index contributed by atoms with van der Waals surface area (Å²) < 4.78 is 28.4. The summed E-state index contributed by atoms with van der Waals surface area (Å²) in [6, 6.07) is 13.5. The van der Waals surface area contributed by atoms with Crippen molar-refractivity contribution in [2.45, 2.75) is 19.8 Å². The molecule has 1 fully saturated rings. The molecule has 0 unspecified atom stereocenters. The van der Waals surface area contributed by atoms with Crippen molar-refractivity contribution in [3.8, 4) is 0 Å². The molecule has 132 valence electrons. The summed E-state index contributed by atoms with van der Waals surface area (Å²) in [5.74, 6) is -0.709. The van der Waals surface area contributed by atoms with Gasteiger partial charge in [0.25, 0.3) is 0 Å². The molecular formula is C18H20N2O4S. The van der Waals surface area contributed by atoms with Crippen LogP contribution in [0.3, 0.4) is 0 Å². The summed E-state index contributed by atoms with van der Waals surface area (Å²) in [6.07, 6.45) is 0. The molecule has 0 radical (unpaired) electrons. The van der Waals surface area contributed by atoms with Gasteiger partial charge in [0.15, 0.2) is 0 Å². The van der Waals surface area contributed by atoms with Crippen LogP contribution in [0.15, 0.2) is 48.5 Å². The molecule has 0 saturated carbocycles. The molecular weight excluding hydrogens is 340 g/mol. The van der Waals surface area contributed by atoms with Gasteiger partial charge in [-0.15, -0.1) is 0 Å². The van der Waals surface area contributed by atoms with Crippen molar-refractivity contribution in [1.29, 1.82) is 0 Å². The second kappa shape index (κ2) is 6.40. The lowest BCUT2D eigenvalue weighted by Crippen LogP contribution is -2.33. The number of nitrogens with zero attached hydrogens (tertiary/aromatic N) is 2. The second-order valence-corrected chi connectivity index (χ2v) is 8.03. The highest BCUT2D eigenvalue weighted by Crippen LogP contribution is 2.31. The maximum absolute atomic E-state index is 12.9. The Bertz CT molecular complexity index is 892. The zero-order valence-corrected chi connectivity index (χ0v) is 14.9. The Hall–Kier alpha value is -2.54. The first-order valence-corrected chi connectivity index (χ1v) is 9.44. The van der Waals surface area contributed by atoms with Gasteiger partial charge in [0.05, 0.1) is 30.0 Å². The summed E-state index contributed by atoms with van der Waals surface area (Å²) in [6.45, 7) is 4.76. The third-order valence-corrected chi connectivity index (χ3v) is 6.19. The normalized spacial score (nSPS) is 16.4. The van der Waals surface area contributed by atoms with E-state index < -0.39 is 16.2 Å². The number of aromatic carboxylic acids is 1. The predicted octanol–water partition coefficient (Wildman–Crippen LogP) is 3.08. The van der Waals surface area contributed by atoms with E-state index in [1.807, 2.05) is 24.3 Å². The number of benzene rings is 2. The van der Waals surface area contributed by atoms with Crippen molar-refractivity contribution in [3.05, 3.63) is 59.7 Å². The van der Waals surface area contributed by atoms with Gasteiger partial charge in [-0.05, 0) is 41.8 Å². The van der Waals surface area contributed by atoms with E-state index >= 15 is 0 Å².